The molecule has 2 heterocycles. The first-order valence-corrected chi connectivity index (χ1v) is 8.96. The van der Waals surface area contributed by atoms with Gasteiger partial charge in [-0.1, -0.05) is 12.1 Å². The molecule has 1 N–H and O–H groups in total. The molecule has 3 rings (SSSR count). The van der Waals surface area contributed by atoms with Crippen molar-refractivity contribution in [2.75, 3.05) is 36.9 Å². The lowest BCUT2D eigenvalue weighted by Gasteiger charge is -2.44. The van der Waals surface area contributed by atoms with Gasteiger partial charge in [-0.2, -0.15) is 0 Å². The van der Waals surface area contributed by atoms with Crippen LogP contribution in [-0.2, 0) is 4.79 Å². The van der Waals surface area contributed by atoms with Crippen molar-refractivity contribution in [2.24, 2.45) is 0 Å². The van der Waals surface area contributed by atoms with Gasteiger partial charge in [-0.15, -0.1) is 0 Å². The van der Waals surface area contributed by atoms with E-state index in [1.54, 1.807) is 0 Å². The highest BCUT2D eigenvalue weighted by molar-refractivity contribution is 5.93. The Morgan fingerprint density at radius 3 is 2.62 bits per heavy atom. The molecule has 0 atom stereocenters. The van der Waals surface area contributed by atoms with Crippen LogP contribution in [-0.4, -0.2) is 53.5 Å². The van der Waals surface area contributed by atoms with E-state index in [9.17, 15) is 4.79 Å². The summed E-state index contributed by atoms with van der Waals surface area (Å²) in [6.45, 7) is 10.1. The lowest BCUT2D eigenvalue weighted by molar-refractivity contribution is -0.117. The summed E-state index contributed by atoms with van der Waals surface area (Å²) >= 11 is 0. The Balaban J connectivity index is 1.52. The Kier molecular flexibility index (Phi) is 5.23. The zero-order valence-electron chi connectivity index (χ0n) is 16.2. The average molecular weight is 353 g/mol. The number of nitrogens with one attached hydrogen (secondary N) is 1. The molecule has 0 saturated carbocycles. The van der Waals surface area contributed by atoms with Gasteiger partial charge in [0.1, 0.15) is 11.6 Å². The average Bonchev–Trinajstić information content (AvgIpc) is 2.48. The molecule has 6 heteroatoms. The summed E-state index contributed by atoms with van der Waals surface area (Å²) in [5, 5.41) is 3.03. The van der Waals surface area contributed by atoms with Crippen LogP contribution in [0.25, 0.3) is 0 Å². The lowest BCUT2D eigenvalue weighted by Crippen LogP contribution is -2.59. The van der Waals surface area contributed by atoms with Crippen LogP contribution in [0.4, 0.5) is 11.5 Å². The molecule has 26 heavy (non-hydrogen) atoms. The minimum atomic E-state index is 0.0216. The molecule has 0 aliphatic carbocycles. The van der Waals surface area contributed by atoms with Crippen molar-refractivity contribution in [3.8, 4) is 0 Å². The number of aryl methyl sites for hydroxylation is 4. The van der Waals surface area contributed by atoms with Crippen molar-refractivity contribution in [2.45, 2.75) is 33.7 Å². The van der Waals surface area contributed by atoms with Crippen LogP contribution in [0.3, 0.4) is 0 Å². The minimum Gasteiger partial charge on any atom is -0.353 e. The predicted molar refractivity (Wildman–Crippen MR) is 105 cm³/mol. The van der Waals surface area contributed by atoms with Crippen molar-refractivity contribution in [1.82, 2.24) is 14.9 Å². The fourth-order valence-electron chi connectivity index (χ4n) is 3.20. The number of likely N-dealkylation sites (N-methyl/N-ethyl adjacent to an activating group) is 1. The molecule has 1 aliphatic rings. The highest BCUT2D eigenvalue weighted by atomic mass is 16.2. The fourth-order valence-corrected chi connectivity index (χ4v) is 3.20. The Hall–Kier alpha value is -2.47. The number of amides is 1. The van der Waals surface area contributed by atoms with E-state index in [1.165, 1.54) is 0 Å². The number of carbonyl (C=O) groups is 1. The van der Waals surface area contributed by atoms with Crippen LogP contribution in [0.15, 0.2) is 24.3 Å². The summed E-state index contributed by atoms with van der Waals surface area (Å²) in [5.74, 6) is 1.79. The maximum absolute atomic E-state index is 12.4. The highest BCUT2D eigenvalue weighted by Crippen LogP contribution is 2.22. The lowest BCUT2D eigenvalue weighted by atomic mass is 10.1. The Bertz CT molecular complexity index is 794. The monoisotopic (exact) mass is 353 g/mol. The maximum atomic E-state index is 12.4. The molecule has 2 aromatic rings. The van der Waals surface area contributed by atoms with Crippen LogP contribution >= 0.6 is 0 Å². The fraction of sp³-hybridized carbons (Fsp3) is 0.450. The summed E-state index contributed by atoms with van der Waals surface area (Å²) < 4.78 is 0. The van der Waals surface area contributed by atoms with Crippen molar-refractivity contribution in [3.63, 3.8) is 0 Å². The van der Waals surface area contributed by atoms with E-state index >= 15 is 0 Å². The first-order chi connectivity index (χ1) is 12.3. The standard InChI is InChI=1S/C20H27N5O/c1-13-6-7-14(2)18(8-13)23-20(26)12-24(5)17-10-25(11-17)19-9-15(3)21-16(4)22-19/h6-9,17H,10-12H2,1-5H3,(H,23,26). The molecular weight excluding hydrogens is 326 g/mol. The summed E-state index contributed by atoms with van der Waals surface area (Å²) in [4.78, 5) is 25.5. The summed E-state index contributed by atoms with van der Waals surface area (Å²) in [6.07, 6.45) is 0. The Morgan fingerprint density at radius 2 is 1.92 bits per heavy atom. The van der Waals surface area contributed by atoms with Crippen molar-refractivity contribution in [1.29, 1.82) is 0 Å². The third kappa shape index (κ3) is 4.19. The quantitative estimate of drug-likeness (QED) is 0.895. The number of carbonyl (C=O) groups excluding carboxylic acids is 1. The van der Waals surface area contributed by atoms with Crippen LogP contribution in [0.5, 0.6) is 0 Å². The molecule has 1 fully saturated rings. The number of hydrogen-bond acceptors (Lipinski definition) is 5. The highest BCUT2D eigenvalue weighted by Gasteiger charge is 2.31. The number of nitrogens with zero attached hydrogens (tertiary/aromatic N) is 4. The molecule has 0 radical (unpaired) electrons. The molecule has 0 unspecified atom stereocenters. The van der Waals surface area contributed by atoms with Crippen LogP contribution in [0.2, 0.25) is 0 Å². The number of hydrogen-bond donors (Lipinski definition) is 1. The zero-order chi connectivity index (χ0) is 18.8. The van der Waals surface area contributed by atoms with Crippen LogP contribution in [0.1, 0.15) is 22.6 Å². The second-order valence-electron chi connectivity index (χ2n) is 7.26. The van der Waals surface area contributed by atoms with E-state index in [-0.39, 0.29) is 5.91 Å². The SMILES string of the molecule is Cc1ccc(C)c(NC(=O)CN(C)C2CN(c3cc(C)nc(C)n3)C2)c1. The Morgan fingerprint density at radius 1 is 1.19 bits per heavy atom. The predicted octanol–water partition coefficient (Wildman–Crippen LogP) is 2.47. The molecule has 1 aliphatic heterocycles. The van der Waals surface area contributed by atoms with E-state index in [0.29, 0.717) is 12.6 Å². The van der Waals surface area contributed by atoms with E-state index in [0.717, 1.165) is 47.2 Å². The number of rotatable bonds is 5. The molecule has 138 valence electrons. The molecule has 1 aromatic carbocycles. The second-order valence-corrected chi connectivity index (χ2v) is 7.26. The van der Waals surface area contributed by atoms with E-state index in [4.69, 9.17) is 0 Å². The van der Waals surface area contributed by atoms with Gasteiger partial charge in [-0.25, -0.2) is 9.97 Å². The Labute approximate surface area is 155 Å². The number of anilines is 2. The van der Waals surface area contributed by atoms with E-state index in [2.05, 4.69) is 31.2 Å². The largest absolute Gasteiger partial charge is 0.353 e. The van der Waals surface area contributed by atoms with Gasteiger partial charge in [0.15, 0.2) is 0 Å². The second kappa shape index (κ2) is 7.41. The van der Waals surface area contributed by atoms with Crippen molar-refractivity contribution in [3.05, 3.63) is 46.9 Å². The van der Waals surface area contributed by atoms with Gasteiger partial charge in [0.25, 0.3) is 0 Å². The van der Waals surface area contributed by atoms with Gasteiger partial charge < -0.3 is 10.2 Å². The smallest absolute Gasteiger partial charge is 0.238 e. The summed E-state index contributed by atoms with van der Waals surface area (Å²) in [6, 6.07) is 8.46. The first-order valence-electron chi connectivity index (χ1n) is 8.96. The summed E-state index contributed by atoms with van der Waals surface area (Å²) in [7, 11) is 2.00. The van der Waals surface area contributed by atoms with E-state index < -0.39 is 0 Å². The van der Waals surface area contributed by atoms with Crippen LogP contribution in [0, 0.1) is 27.7 Å². The van der Waals surface area contributed by atoms with Crippen LogP contribution < -0.4 is 10.2 Å². The van der Waals surface area contributed by atoms with Gasteiger partial charge in [-0.3, -0.25) is 9.69 Å². The third-order valence-corrected chi connectivity index (χ3v) is 4.82. The van der Waals surface area contributed by atoms with E-state index in [1.807, 2.05) is 52.9 Å². The van der Waals surface area contributed by atoms with Gasteiger partial charge in [0, 0.05) is 36.6 Å². The minimum absolute atomic E-state index is 0.0216. The maximum Gasteiger partial charge on any atom is 0.238 e. The zero-order valence-corrected chi connectivity index (χ0v) is 16.2. The topological polar surface area (TPSA) is 61.4 Å². The number of aromatic nitrogens is 2. The van der Waals surface area contributed by atoms with Gasteiger partial charge in [-0.05, 0) is 51.9 Å². The molecule has 0 spiro atoms. The summed E-state index contributed by atoms with van der Waals surface area (Å²) in [5.41, 5.74) is 4.10. The molecule has 0 bridgehead atoms. The van der Waals surface area contributed by atoms with Gasteiger partial charge in [0.2, 0.25) is 5.91 Å². The number of benzene rings is 1. The van der Waals surface area contributed by atoms with Gasteiger partial charge >= 0.3 is 0 Å². The molecule has 6 nitrogen and oxygen atoms in total. The normalized spacial score (nSPS) is 14.5. The third-order valence-electron chi connectivity index (χ3n) is 4.82. The van der Waals surface area contributed by atoms with Gasteiger partial charge in [0.05, 0.1) is 6.54 Å². The first kappa shape index (κ1) is 18.3. The molecule has 1 amide bonds. The molecule has 1 aromatic heterocycles. The molecular formula is C20H27N5O. The molecule has 1 saturated heterocycles. The van der Waals surface area contributed by atoms with Crippen molar-refractivity contribution >= 4 is 17.4 Å². The van der Waals surface area contributed by atoms with Crippen molar-refractivity contribution < 1.29 is 4.79 Å².